The molecule has 4 aromatic rings. The van der Waals surface area contributed by atoms with E-state index in [1.165, 1.54) is 0 Å². The van der Waals surface area contributed by atoms with Crippen LogP contribution in [0.5, 0.6) is 0 Å². The first-order valence-electron chi connectivity index (χ1n) is 8.82. The molecule has 0 saturated heterocycles. The molecule has 4 rings (SSSR count). The lowest BCUT2D eigenvalue weighted by Crippen LogP contribution is -2.21. The van der Waals surface area contributed by atoms with Gasteiger partial charge in [-0.15, -0.1) is 5.10 Å². The zero-order valence-corrected chi connectivity index (χ0v) is 15.4. The van der Waals surface area contributed by atoms with Crippen LogP contribution in [-0.4, -0.2) is 33.5 Å². The van der Waals surface area contributed by atoms with Crippen molar-refractivity contribution in [2.24, 2.45) is 0 Å². The van der Waals surface area contributed by atoms with Gasteiger partial charge in [-0.25, -0.2) is 9.48 Å². The van der Waals surface area contributed by atoms with E-state index >= 15 is 0 Å². The second-order valence-electron chi connectivity index (χ2n) is 6.15. The molecular weight excluding hydrogens is 374 g/mol. The van der Waals surface area contributed by atoms with Gasteiger partial charge in [0, 0.05) is 11.9 Å². The molecule has 0 fully saturated rings. The van der Waals surface area contributed by atoms with Crippen LogP contribution in [0.2, 0.25) is 0 Å². The van der Waals surface area contributed by atoms with Crippen LogP contribution in [-0.2, 0) is 16.1 Å². The molecule has 0 aliphatic carbocycles. The standard InChI is InChI=1S/C20H15N5O4/c1-2-25-15-8-7-12(9-14(15)23-24-25)20(27)28-11-18(26)22-19-13-5-3-4-6-16(13)29-17(19)10-21/h3-9H,2,11H2,1H3,(H,22,26). The molecule has 0 saturated carbocycles. The summed E-state index contributed by atoms with van der Waals surface area (Å²) < 4.78 is 12.2. The summed E-state index contributed by atoms with van der Waals surface area (Å²) in [7, 11) is 0. The van der Waals surface area contributed by atoms with Gasteiger partial charge in [0.25, 0.3) is 5.91 Å². The number of hydrogen-bond acceptors (Lipinski definition) is 7. The second-order valence-corrected chi connectivity index (χ2v) is 6.15. The molecule has 0 spiro atoms. The summed E-state index contributed by atoms with van der Waals surface area (Å²) in [6.07, 6.45) is 0. The molecule has 0 unspecified atom stereocenters. The van der Waals surface area contributed by atoms with Crippen LogP contribution in [0.25, 0.3) is 22.0 Å². The van der Waals surface area contributed by atoms with Gasteiger partial charge in [0.2, 0.25) is 5.76 Å². The quantitative estimate of drug-likeness (QED) is 0.521. The van der Waals surface area contributed by atoms with Gasteiger partial charge in [-0.05, 0) is 37.3 Å². The number of aryl methyl sites for hydroxylation is 1. The van der Waals surface area contributed by atoms with Gasteiger partial charge in [-0.1, -0.05) is 17.3 Å². The first-order chi connectivity index (χ1) is 14.1. The third-order valence-electron chi connectivity index (χ3n) is 4.34. The summed E-state index contributed by atoms with van der Waals surface area (Å²) in [6, 6.07) is 13.7. The highest BCUT2D eigenvalue weighted by atomic mass is 16.5. The molecule has 29 heavy (non-hydrogen) atoms. The highest BCUT2D eigenvalue weighted by molar-refractivity contribution is 6.04. The van der Waals surface area contributed by atoms with Gasteiger partial charge in [-0.3, -0.25) is 4.79 Å². The van der Waals surface area contributed by atoms with Gasteiger partial charge in [0.15, 0.2) is 6.61 Å². The maximum Gasteiger partial charge on any atom is 0.338 e. The molecule has 0 atom stereocenters. The average molecular weight is 389 g/mol. The summed E-state index contributed by atoms with van der Waals surface area (Å²) >= 11 is 0. The number of amides is 1. The Labute approximate surface area is 164 Å². The van der Waals surface area contributed by atoms with Gasteiger partial charge in [0.1, 0.15) is 22.9 Å². The van der Waals surface area contributed by atoms with Gasteiger partial charge < -0.3 is 14.5 Å². The molecule has 1 N–H and O–H groups in total. The van der Waals surface area contributed by atoms with E-state index in [0.717, 1.165) is 5.52 Å². The largest absolute Gasteiger partial charge is 0.452 e. The summed E-state index contributed by atoms with van der Waals surface area (Å²) in [5.74, 6) is -1.26. The van der Waals surface area contributed by atoms with Crippen LogP contribution in [0, 0.1) is 11.3 Å². The molecule has 0 bridgehead atoms. The van der Waals surface area contributed by atoms with Gasteiger partial charge in [0.05, 0.1) is 11.1 Å². The fourth-order valence-corrected chi connectivity index (χ4v) is 2.97. The SMILES string of the molecule is CCn1nnc2cc(C(=O)OCC(=O)Nc3c(C#N)oc4ccccc34)ccc21. The number of carbonyl (C=O) groups is 2. The maximum absolute atomic E-state index is 12.3. The molecule has 9 heteroatoms. The first-order valence-corrected chi connectivity index (χ1v) is 8.82. The number of fused-ring (bicyclic) bond motifs is 2. The van der Waals surface area contributed by atoms with Crippen molar-refractivity contribution in [3.63, 3.8) is 0 Å². The van der Waals surface area contributed by atoms with Crippen LogP contribution >= 0.6 is 0 Å². The Morgan fingerprint density at radius 3 is 2.90 bits per heavy atom. The van der Waals surface area contributed by atoms with Crippen LogP contribution < -0.4 is 5.32 Å². The number of esters is 1. The Hall–Kier alpha value is -4.19. The van der Waals surface area contributed by atoms with E-state index in [4.69, 9.17) is 9.15 Å². The summed E-state index contributed by atoms with van der Waals surface area (Å²) in [4.78, 5) is 24.5. The van der Waals surface area contributed by atoms with Crippen LogP contribution in [0.1, 0.15) is 23.0 Å². The van der Waals surface area contributed by atoms with E-state index in [1.54, 1.807) is 47.1 Å². The van der Waals surface area contributed by atoms with Crippen LogP contribution in [0.15, 0.2) is 46.9 Å². The van der Waals surface area contributed by atoms with Crippen molar-refractivity contribution in [1.29, 1.82) is 5.26 Å². The minimum absolute atomic E-state index is 0.0182. The molecule has 2 aromatic carbocycles. The number of furan rings is 1. The number of benzene rings is 2. The fourth-order valence-electron chi connectivity index (χ4n) is 2.97. The minimum atomic E-state index is -0.661. The molecule has 2 aromatic heterocycles. The van der Waals surface area contributed by atoms with E-state index in [9.17, 15) is 14.9 Å². The number of aromatic nitrogens is 3. The Morgan fingerprint density at radius 2 is 2.10 bits per heavy atom. The monoisotopic (exact) mass is 389 g/mol. The van der Waals surface area contributed by atoms with Crippen LogP contribution in [0.4, 0.5) is 5.69 Å². The summed E-state index contributed by atoms with van der Waals surface area (Å²) in [5, 5.41) is 20.4. The molecule has 9 nitrogen and oxygen atoms in total. The fraction of sp³-hybridized carbons (Fsp3) is 0.150. The lowest BCUT2D eigenvalue weighted by molar-refractivity contribution is -0.119. The smallest absolute Gasteiger partial charge is 0.338 e. The molecule has 144 valence electrons. The molecule has 0 aliphatic rings. The zero-order valence-electron chi connectivity index (χ0n) is 15.4. The van der Waals surface area contributed by atoms with Crippen molar-refractivity contribution in [3.05, 3.63) is 53.8 Å². The van der Waals surface area contributed by atoms with Crippen molar-refractivity contribution in [1.82, 2.24) is 15.0 Å². The molecular formula is C20H15N5O4. The Bertz CT molecular complexity index is 1280. The lowest BCUT2D eigenvalue weighted by atomic mass is 10.2. The zero-order chi connectivity index (χ0) is 20.4. The highest BCUT2D eigenvalue weighted by Crippen LogP contribution is 2.30. The van der Waals surface area contributed by atoms with Gasteiger partial charge in [-0.2, -0.15) is 5.26 Å². The summed E-state index contributed by atoms with van der Waals surface area (Å²) in [5.41, 5.74) is 2.36. The molecule has 1 amide bonds. The third-order valence-corrected chi connectivity index (χ3v) is 4.34. The van der Waals surface area contributed by atoms with Crippen molar-refractivity contribution < 1.29 is 18.7 Å². The van der Waals surface area contributed by atoms with Crippen molar-refractivity contribution in [2.75, 3.05) is 11.9 Å². The second kappa shape index (κ2) is 7.44. The highest BCUT2D eigenvalue weighted by Gasteiger charge is 2.18. The van der Waals surface area contributed by atoms with Crippen molar-refractivity contribution in [2.45, 2.75) is 13.5 Å². The summed E-state index contributed by atoms with van der Waals surface area (Å²) in [6.45, 7) is 2.09. The number of carbonyl (C=O) groups excluding carboxylic acids is 2. The van der Waals surface area contributed by atoms with Crippen LogP contribution in [0.3, 0.4) is 0 Å². The van der Waals surface area contributed by atoms with Crippen molar-refractivity contribution in [3.8, 4) is 6.07 Å². The predicted octanol–water partition coefficient (Wildman–Crippen LogP) is 2.86. The number of nitriles is 1. The molecule has 0 radical (unpaired) electrons. The number of nitrogens with one attached hydrogen (secondary N) is 1. The first kappa shape index (κ1) is 18.2. The van der Waals surface area contributed by atoms with E-state index in [-0.39, 0.29) is 17.0 Å². The number of rotatable bonds is 5. The number of nitrogens with zero attached hydrogens (tertiary/aromatic N) is 4. The van der Waals surface area contributed by atoms with E-state index in [2.05, 4.69) is 15.6 Å². The maximum atomic E-state index is 12.3. The molecule has 0 aliphatic heterocycles. The predicted molar refractivity (Wildman–Crippen MR) is 103 cm³/mol. The van der Waals surface area contributed by atoms with E-state index in [1.807, 2.05) is 13.0 Å². The Kier molecular flexibility index (Phi) is 4.66. The van der Waals surface area contributed by atoms with E-state index < -0.39 is 18.5 Å². The number of hydrogen-bond donors (Lipinski definition) is 1. The number of ether oxygens (including phenoxy) is 1. The van der Waals surface area contributed by atoms with Crippen molar-refractivity contribution >= 4 is 39.6 Å². The Morgan fingerprint density at radius 1 is 1.28 bits per heavy atom. The topological polar surface area (TPSA) is 123 Å². The lowest BCUT2D eigenvalue weighted by Gasteiger charge is -2.06. The minimum Gasteiger partial charge on any atom is -0.452 e. The third kappa shape index (κ3) is 3.39. The number of anilines is 1. The van der Waals surface area contributed by atoms with E-state index in [0.29, 0.717) is 23.0 Å². The Balaban J connectivity index is 1.45. The number of para-hydroxylation sites is 1. The normalized spacial score (nSPS) is 10.8. The molecule has 2 heterocycles. The van der Waals surface area contributed by atoms with Gasteiger partial charge >= 0.3 is 5.97 Å². The average Bonchev–Trinajstić information content (AvgIpc) is 3.32.